The van der Waals surface area contributed by atoms with E-state index in [0.717, 1.165) is 17.4 Å². The SMILES string of the molecule is CN1CCCCC1Cn1ccnc1-c1nccs1. The third kappa shape index (κ3) is 2.33. The summed E-state index contributed by atoms with van der Waals surface area (Å²) in [4.78, 5) is 11.3. The van der Waals surface area contributed by atoms with Gasteiger partial charge in [0.2, 0.25) is 0 Å². The summed E-state index contributed by atoms with van der Waals surface area (Å²) in [6.45, 7) is 2.23. The van der Waals surface area contributed by atoms with Crippen LogP contribution in [0.1, 0.15) is 19.3 Å². The molecule has 1 fully saturated rings. The molecule has 1 unspecified atom stereocenters. The van der Waals surface area contributed by atoms with Crippen LogP contribution in [0.3, 0.4) is 0 Å². The Labute approximate surface area is 111 Å². The van der Waals surface area contributed by atoms with Gasteiger partial charge in [0.1, 0.15) is 0 Å². The zero-order valence-electron chi connectivity index (χ0n) is 10.6. The Hall–Kier alpha value is -1.20. The molecule has 0 spiro atoms. The third-order valence-corrected chi connectivity index (χ3v) is 4.44. The van der Waals surface area contributed by atoms with Crippen LogP contribution in [0, 0.1) is 0 Å². The number of thiazole rings is 1. The maximum Gasteiger partial charge on any atom is 0.169 e. The van der Waals surface area contributed by atoms with Gasteiger partial charge in [-0.25, -0.2) is 9.97 Å². The number of hydrogen-bond acceptors (Lipinski definition) is 4. The number of nitrogens with zero attached hydrogens (tertiary/aromatic N) is 4. The molecule has 3 heterocycles. The van der Waals surface area contributed by atoms with Gasteiger partial charge in [-0.2, -0.15) is 0 Å². The van der Waals surface area contributed by atoms with Gasteiger partial charge in [0, 0.05) is 36.6 Å². The number of rotatable bonds is 3. The van der Waals surface area contributed by atoms with Crippen molar-refractivity contribution in [3.8, 4) is 10.8 Å². The molecule has 1 atom stereocenters. The molecule has 0 bridgehead atoms. The second kappa shape index (κ2) is 5.20. The zero-order chi connectivity index (χ0) is 12.4. The lowest BCUT2D eigenvalue weighted by Gasteiger charge is -2.32. The second-order valence-corrected chi connectivity index (χ2v) is 5.77. The van der Waals surface area contributed by atoms with E-state index >= 15 is 0 Å². The van der Waals surface area contributed by atoms with E-state index in [1.54, 1.807) is 11.3 Å². The van der Waals surface area contributed by atoms with Crippen molar-refractivity contribution in [2.24, 2.45) is 0 Å². The summed E-state index contributed by atoms with van der Waals surface area (Å²) in [5.41, 5.74) is 0. The lowest BCUT2D eigenvalue weighted by Crippen LogP contribution is -2.39. The number of piperidine rings is 1. The van der Waals surface area contributed by atoms with Gasteiger partial charge < -0.3 is 9.47 Å². The minimum atomic E-state index is 0.631. The molecule has 18 heavy (non-hydrogen) atoms. The molecule has 2 aromatic rings. The Balaban J connectivity index is 1.79. The first kappa shape index (κ1) is 11.9. The molecule has 1 saturated heterocycles. The highest BCUT2D eigenvalue weighted by molar-refractivity contribution is 7.13. The quantitative estimate of drug-likeness (QED) is 0.852. The van der Waals surface area contributed by atoms with Crippen molar-refractivity contribution in [3.05, 3.63) is 24.0 Å². The highest BCUT2D eigenvalue weighted by atomic mass is 32.1. The Kier molecular flexibility index (Phi) is 3.43. The second-order valence-electron chi connectivity index (χ2n) is 4.87. The Morgan fingerprint density at radius 2 is 2.28 bits per heavy atom. The fourth-order valence-corrected chi connectivity index (χ4v) is 3.24. The molecular formula is C13H18N4S. The molecule has 1 aliphatic heterocycles. The van der Waals surface area contributed by atoms with Crippen LogP contribution in [-0.2, 0) is 6.54 Å². The molecule has 2 aromatic heterocycles. The van der Waals surface area contributed by atoms with Gasteiger partial charge >= 0.3 is 0 Å². The Bertz CT molecular complexity index is 491. The molecule has 1 aliphatic rings. The maximum atomic E-state index is 4.44. The van der Waals surface area contributed by atoms with Crippen molar-refractivity contribution < 1.29 is 0 Å². The minimum absolute atomic E-state index is 0.631. The van der Waals surface area contributed by atoms with Crippen molar-refractivity contribution in [1.29, 1.82) is 0 Å². The van der Waals surface area contributed by atoms with Crippen molar-refractivity contribution >= 4 is 11.3 Å². The molecule has 0 amide bonds. The molecule has 5 heteroatoms. The number of likely N-dealkylation sites (tertiary alicyclic amines) is 1. The van der Waals surface area contributed by atoms with Crippen molar-refractivity contribution in [3.63, 3.8) is 0 Å². The monoisotopic (exact) mass is 262 g/mol. The van der Waals surface area contributed by atoms with Crippen LogP contribution >= 0.6 is 11.3 Å². The molecule has 0 aliphatic carbocycles. The first-order valence-corrected chi connectivity index (χ1v) is 7.34. The summed E-state index contributed by atoms with van der Waals surface area (Å²) < 4.78 is 2.24. The number of imidazole rings is 1. The number of likely N-dealkylation sites (N-methyl/N-ethyl adjacent to an activating group) is 1. The van der Waals surface area contributed by atoms with E-state index in [2.05, 4.69) is 32.7 Å². The van der Waals surface area contributed by atoms with Gasteiger partial charge in [-0.15, -0.1) is 11.3 Å². The fourth-order valence-electron chi connectivity index (χ4n) is 2.59. The van der Waals surface area contributed by atoms with Crippen LogP contribution in [0.2, 0.25) is 0 Å². The number of aromatic nitrogens is 3. The molecular weight excluding hydrogens is 244 g/mol. The van der Waals surface area contributed by atoms with Crippen LogP contribution < -0.4 is 0 Å². The maximum absolute atomic E-state index is 4.44. The summed E-state index contributed by atoms with van der Waals surface area (Å²) in [7, 11) is 2.23. The summed E-state index contributed by atoms with van der Waals surface area (Å²) in [5.74, 6) is 1.00. The van der Waals surface area contributed by atoms with Gasteiger partial charge in [-0.1, -0.05) is 6.42 Å². The first-order valence-electron chi connectivity index (χ1n) is 6.46. The molecule has 96 valence electrons. The molecule has 4 nitrogen and oxygen atoms in total. The predicted octanol–water partition coefficient (Wildman–Crippen LogP) is 2.49. The van der Waals surface area contributed by atoms with Gasteiger partial charge in [0.05, 0.1) is 0 Å². The van der Waals surface area contributed by atoms with Gasteiger partial charge in [0.15, 0.2) is 10.8 Å². The average Bonchev–Trinajstić information content (AvgIpc) is 3.02. The van der Waals surface area contributed by atoms with Crippen molar-refractivity contribution in [2.45, 2.75) is 31.8 Å². The largest absolute Gasteiger partial charge is 0.327 e. The summed E-state index contributed by atoms with van der Waals surface area (Å²) in [5, 5.41) is 3.01. The molecule has 0 N–H and O–H groups in total. The molecule has 0 radical (unpaired) electrons. The van der Waals surface area contributed by atoms with Crippen molar-refractivity contribution in [2.75, 3.05) is 13.6 Å². The minimum Gasteiger partial charge on any atom is -0.327 e. The summed E-state index contributed by atoms with van der Waals surface area (Å²) >= 11 is 1.65. The van der Waals surface area contributed by atoms with E-state index in [9.17, 15) is 0 Å². The van der Waals surface area contributed by atoms with Gasteiger partial charge in [-0.05, 0) is 26.4 Å². The Morgan fingerprint density at radius 3 is 3.06 bits per heavy atom. The van der Waals surface area contributed by atoms with Crippen LogP contribution in [0.4, 0.5) is 0 Å². The van der Waals surface area contributed by atoms with E-state index in [4.69, 9.17) is 0 Å². The van der Waals surface area contributed by atoms with E-state index in [1.807, 2.05) is 17.8 Å². The van der Waals surface area contributed by atoms with E-state index < -0.39 is 0 Å². The fraction of sp³-hybridized carbons (Fsp3) is 0.538. The highest BCUT2D eigenvalue weighted by Gasteiger charge is 2.20. The lowest BCUT2D eigenvalue weighted by atomic mass is 10.0. The highest BCUT2D eigenvalue weighted by Crippen LogP contribution is 2.22. The van der Waals surface area contributed by atoms with Crippen LogP contribution in [0.25, 0.3) is 10.8 Å². The molecule has 0 saturated carbocycles. The third-order valence-electron chi connectivity index (χ3n) is 3.67. The van der Waals surface area contributed by atoms with Gasteiger partial charge in [0.25, 0.3) is 0 Å². The van der Waals surface area contributed by atoms with Gasteiger partial charge in [-0.3, -0.25) is 0 Å². The van der Waals surface area contributed by atoms with Crippen LogP contribution in [-0.4, -0.2) is 39.1 Å². The lowest BCUT2D eigenvalue weighted by molar-refractivity contribution is 0.168. The number of hydrogen-bond donors (Lipinski definition) is 0. The average molecular weight is 262 g/mol. The van der Waals surface area contributed by atoms with Crippen LogP contribution in [0.15, 0.2) is 24.0 Å². The normalized spacial score (nSPS) is 21.3. The molecule has 0 aromatic carbocycles. The summed E-state index contributed by atoms with van der Waals surface area (Å²) in [6.07, 6.45) is 9.74. The van der Waals surface area contributed by atoms with Crippen molar-refractivity contribution in [1.82, 2.24) is 19.4 Å². The molecule has 3 rings (SSSR count). The van der Waals surface area contributed by atoms with E-state index in [-0.39, 0.29) is 0 Å². The zero-order valence-corrected chi connectivity index (χ0v) is 11.4. The van der Waals surface area contributed by atoms with E-state index in [1.165, 1.54) is 25.8 Å². The van der Waals surface area contributed by atoms with Crippen LogP contribution in [0.5, 0.6) is 0 Å². The first-order chi connectivity index (χ1) is 8.84. The smallest absolute Gasteiger partial charge is 0.169 e. The predicted molar refractivity (Wildman–Crippen MR) is 73.6 cm³/mol. The topological polar surface area (TPSA) is 34.0 Å². The standard InChI is InChI=1S/C13H18N4S/c1-16-7-3-2-4-11(16)10-17-8-5-14-12(17)13-15-6-9-18-13/h5-6,8-9,11H,2-4,7,10H2,1H3. The Morgan fingerprint density at radius 1 is 1.33 bits per heavy atom. The summed E-state index contributed by atoms with van der Waals surface area (Å²) in [6, 6.07) is 0.631. The van der Waals surface area contributed by atoms with E-state index in [0.29, 0.717) is 6.04 Å².